The van der Waals surface area contributed by atoms with Crippen LogP contribution in [0.1, 0.15) is 25.0 Å². The molecule has 0 saturated heterocycles. The molecule has 4 nitrogen and oxygen atoms in total. The van der Waals surface area contributed by atoms with Crippen molar-refractivity contribution in [2.45, 2.75) is 31.7 Å². The van der Waals surface area contributed by atoms with Gasteiger partial charge in [0.05, 0.1) is 17.0 Å². The van der Waals surface area contributed by atoms with E-state index < -0.39 is 10.0 Å². The molecule has 24 heavy (non-hydrogen) atoms. The number of hydrogen-bond acceptors (Lipinski definition) is 3. The topological polar surface area (TPSA) is 57.6 Å². The van der Waals surface area contributed by atoms with Gasteiger partial charge in [-0.25, -0.2) is 8.42 Å². The fourth-order valence-electron chi connectivity index (χ4n) is 2.18. The van der Waals surface area contributed by atoms with E-state index in [4.69, 9.17) is 0 Å². The van der Waals surface area contributed by atoms with Crippen LogP contribution in [0, 0.1) is 18.8 Å². The predicted molar refractivity (Wildman–Crippen MR) is 95.2 cm³/mol. The summed E-state index contributed by atoms with van der Waals surface area (Å²) in [7, 11) is -3.61. The number of aryl methyl sites for hydroxylation is 1. The van der Waals surface area contributed by atoms with Gasteiger partial charge in [-0.3, -0.25) is 0 Å². The van der Waals surface area contributed by atoms with Gasteiger partial charge in [0.2, 0.25) is 10.0 Å². The summed E-state index contributed by atoms with van der Waals surface area (Å²) in [4.78, 5) is 0.256. The van der Waals surface area contributed by atoms with Gasteiger partial charge < -0.3 is 5.11 Å². The molecule has 2 rings (SSSR count). The number of phenols is 1. The first kappa shape index (κ1) is 18.1. The smallest absolute Gasteiger partial charge is 0.244 e. The number of para-hydroxylation sites is 1. The second-order valence-electron chi connectivity index (χ2n) is 5.78. The van der Waals surface area contributed by atoms with Crippen molar-refractivity contribution in [3.63, 3.8) is 0 Å². The molecular weight excluding hydrogens is 322 g/mol. The first-order valence-corrected chi connectivity index (χ1v) is 9.12. The standard InChI is InChI=1S/C19H21NO3S/c1-15(2)20(14-6-8-17-7-4-5-9-19(17)21)24(22,23)18-12-10-16(3)11-13-18/h4-5,7,9-13,15,21H,14H2,1-3H3. The molecule has 0 bridgehead atoms. The van der Waals surface area contributed by atoms with Gasteiger partial charge in [-0.2, -0.15) is 4.31 Å². The van der Waals surface area contributed by atoms with Crippen molar-refractivity contribution in [1.82, 2.24) is 4.31 Å². The van der Waals surface area contributed by atoms with Gasteiger partial charge in [0.15, 0.2) is 0 Å². The Morgan fingerprint density at radius 1 is 1.08 bits per heavy atom. The average molecular weight is 343 g/mol. The quantitative estimate of drug-likeness (QED) is 0.868. The summed E-state index contributed by atoms with van der Waals surface area (Å²) >= 11 is 0. The molecule has 0 radical (unpaired) electrons. The van der Waals surface area contributed by atoms with E-state index in [9.17, 15) is 13.5 Å². The Bertz CT molecular complexity index is 859. The Balaban J connectivity index is 2.27. The van der Waals surface area contributed by atoms with Gasteiger partial charge in [0.25, 0.3) is 0 Å². The van der Waals surface area contributed by atoms with E-state index in [-0.39, 0.29) is 23.2 Å². The molecule has 0 amide bonds. The van der Waals surface area contributed by atoms with Crippen LogP contribution in [0.25, 0.3) is 0 Å². The molecule has 5 heteroatoms. The van der Waals surface area contributed by atoms with Gasteiger partial charge >= 0.3 is 0 Å². The first-order chi connectivity index (χ1) is 11.3. The fraction of sp³-hybridized carbons (Fsp3) is 0.263. The second-order valence-corrected chi connectivity index (χ2v) is 7.67. The summed E-state index contributed by atoms with van der Waals surface area (Å²) in [6, 6.07) is 13.3. The van der Waals surface area contributed by atoms with Crippen molar-refractivity contribution in [2.75, 3.05) is 6.54 Å². The van der Waals surface area contributed by atoms with Gasteiger partial charge in [0.1, 0.15) is 5.75 Å². The lowest BCUT2D eigenvalue weighted by molar-refractivity contribution is 0.387. The van der Waals surface area contributed by atoms with E-state index in [0.717, 1.165) is 5.56 Å². The van der Waals surface area contributed by atoms with Crippen LogP contribution >= 0.6 is 0 Å². The van der Waals surface area contributed by atoms with E-state index in [1.165, 1.54) is 4.31 Å². The SMILES string of the molecule is Cc1ccc(S(=O)(=O)N(CC#Cc2ccccc2O)C(C)C)cc1. The van der Waals surface area contributed by atoms with E-state index in [1.54, 1.807) is 48.5 Å². The van der Waals surface area contributed by atoms with Crippen molar-refractivity contribution in [2.24, 2.45) is 0 Å². The second kappa shape index (κ2) is 7.52. The minimum atomic E-state index is -3.61. The number of hydrogen-bond donors (Lipinski definition) is 1. The van der Waals surface area contributed by atoms with Crippen molar-refractivity contribution >= 4 is 10.0 Å². The number of aromatic hydroxyl groups is 1. The zero-order chi connectivity index (χ0) is 17.7. The minimum absolute atomic E-state index is 0.0577. The minimum Gasteiger partial charge on any atom is -0.507 e. The number of phenolic OH excluding ortho intramolecular Hbond substituents is 1. The lowest BCUT2D eigenvalue weighted by atomic mass is 10.2. The van der Waals surface area contributed by atoms with Gasteiger partial charge in [0, 0.05) is 6.04 Å². The maximum Gasteiger partial charge on any atom is 0.244 e. The van der Waals surface area contributed by atoms with E-state index in [1.807, 2.05) is 20.8 Å². The van der Waals surface area contributed by atoms with Crippen LogP contribution in [-0.4, -0.2) is 30.4 Å². The van der Waals surface area contributed by atoms with Gasteiger partial charge in [-0.05, 0) is 45.0 Å². The summed E-state index contributed by atoms with van der Waals surface area (Å²) in [6.07, 6.45) is 0. The lowest BCUT2D eigenvalue weighted by Gasteiger charge is -2.23. The van der Waals surface area contributed by atoms with E-state index in [2.05, 4.69) is 11.8 Å². The van der Waals surface area contributed by atoms with Crippen molar-refractivity contribution in [3.05, 3.63) is 59.7 Å². The van der Waals surface area contributed by atoms with Crippen molar-refractivity contribution in [3.8, 4) is 17.6 Å². The molecule has 2 aromatic rings. The Kier molecular flexibility index (Phi) is 5.66. The fourth-order valence-corrected chi connectivity index (χ4v) is 3.72. The van der Waals surface area contributed by atoms with Crippen LogP contribution in [0.2, 0.25) is 0 Å². The summed E-state index contributed by atoms with van der Waals surface area (Å²) in [5.41, 5.74) is 1.48. The third kappa shape index (κ3) is 4.16. The molecule has 0 saturated carbocycles. The third-order valence-electron chi connectivity index (χ3n) is 3.57. The van der Waals surface area contributed by atoms with Gasteiger partial charge in [-0.1, -0.05) is 41.7 Å². The summed E-state index contributed by atoms with van der Waals surface area (Å²) < 4.78 is 27.0. The Morgan fingerprint density at radius 3 is 2.29 bits per heavy atom. The zero-order valence-corrected chi connectivity index (χ0v) is 14.8. The highest BCUT2D eigenvalue weighted by atomic mass is 32.2. The van der Waals surface area contributed by atoms with Crippen molar-refractivity contribution in [1.29, 1.82) is 0 Å². The number of nitrogens with zero attached hydrogens (tertiary/aromatic N) is 1. The summed E-state index contributed by atoms with van der Waals surface area (Å²) in [6.45, 7) is 5.59. The predicted octanol–water partition coefficient (Wildman–Crippen LogP) is 3.15. The molecule has 0 atom stereocenters. The molecule has 0 aromatic heterocycles. The highest BCUT2D eigenvalue weighted by molar-refractivity contribution is 7.89. The molecule has 0 spiro atoms. The molecule has 1 N–H and O–H groups in total. The highest BCUT2D eigenvalue weighted by Crippen LogP contribution is 2.19. The highest BCUT2D eigenvalue weighted by Gasteiger charge is 2.26. The van der Waals surface area contributed by atoms with Crippen LogP contribution in [0.5, 0.6) is 5.75 Å². The van der Waals surface area contributed by atoms with Crippen LogP contribution in [-0.2, 0) is 10.0 Å². The number of benzene rings is 2. The van der Waals surface area contributed by atoms with E-state index in [0.29, 0.717) is 5.56 Å². The third-order valence-corrected chi connectivity index (χ3v) is 5.60. The molecule has 0 unspecified atom stereocenters. The normalized spacial score (nSPS) is 11.4. The molecule has 0 aliphatic rings. The Morgan fingerprint density at radius 2 is 1.71 bits per heavy atom. The number of rotatable bonds is 4. The van der Waals surface area contributed by atoms with Crippen LogP contribution in [0.4, 0.5) is 0 Å². The Hall–Kier alpha value is -2.29. The van der Waals surface area contributed by atoms with Crippen LogP contribution in [0.3, 0.4) is 0 Å². The molecule has 0 fully saturated rings. The first-order valence-electron chi connectivity index (χ1n) is 7.68. The lowest BCUT2D eigenvalue weighted by Crippen LogP contribution is -2.37. The molecule has 2 aromatic carbocycles. The van der Waals surface area contributed by atoms with E-state index >= 15 is 0 Å². The molecule has 126 valence electrons. The van der Waals surface area contributed by atoms with Crippen molar-refractivity contribution < 1.29 is 13.5 Å². The van der Waals surface area contributed by atoms with Crippen LogP contribution in [0.15, 0.2) is 53.4 Å². The summed E-state index contributed by atoms with van der Waals surface area (Å²) in [5.74, 6) is 5.76. The molecule has 0 heterocycles. The molecule has 0 aliphatic carbocycles. The van der Waals surface area contributed by atoms with Crippen LogP contribution < -0.4 is 0 Å². The molecular formula is C19H21NO3S. The molecule has 0 aliphatic heterocycles. The average Bonchev–Trinajstić information content (AvgIpc) is 2.53. The largest absolute Gasteiger partial charge is 0.507 e. The monoisotopic (exact) mass is 343 g/mol. The Labute approximate surface area is 143 Å². The maximum absolute atomic E-state index is 12.8. The number of sulfonamides is 1. The maximum atomic E-state index is 12.8. The zero-order valence-electron chi connectivity index (χ0n) is 14.0. The summed E-state index contributed by atoms with van der Waals surface area (Å²) in [5, 5.41) is 9.71. The van der Waals surface area contributed by atoms with Gasteiger partial charge in [-0.15, -0.1) is 0 Å².